The summed E-state index contributed by atoms with van der Waals surface area (Å²) >= 11 is 5.73. The van der Waals surface area contributed by atoms with E-state index in [0.717, 1.165) is 18.9 Å². The van der Waals surface area contributed by atoms with E-state index in [1.807, 2.05) is 0 Å². The topological polar surface area (TPSA) is 26.0 Å². The Kier molecular flexibility index (Phi) is 2.24. The minimum Gasteiger partial charge on any atom is -0.330 e. The van der Waals surface area contributed by atoms with Gasteiger partial charge in [-0.25, -0.2) is 8.78 Å². The van der Waals surface area contributed by atoms with E-state index < -0.39 is 11.6 Å². The number of rotatable bonds is 2. The van der Waals surface area contributed by atoms with Gasteiger partial charge in [-0.05, 0) is 24.5 Å². The van der Waals surface area contributed by atoms with Crippen molar-refractivity contribution in [2.24, 2.45) is 5.73 Å². The molecule has 0 unspecified atom stereocenters. The molecule has 0 atom stereocenters. The van der Waals surface area contributed by atoms with Crippen LogP contribution >= 0.6 is 11.6 Å². The first-order valence-corrected chi connectivity index (χ1v) is 4.82. The monoisotopic (exact) mass is 217 g/mol. The fourth-order valence-corrected chi connectivity index (χ4v) is 2.02. The molecule has 0 aliphatic heterocycles. The number of hydrogen-bond donors (Lipinski definition) is 1. The summed E-state index contributed by atoms with van der Waals surface area (Å²) in [5.41, 5.74) is 6.02. The van der Waals surface area contributed by atoms with E-state index in [9.17, 15) is 8.78 Å². The van der Waals surface area contributed by atoms with Crippen LogP contribution in [0.5, 0.6) is 0 Å². The highest BCUT2D eigenvalue weighted by Crippen LogP contribution is 2.50. The predicted octanol–water partition coefficient (Wildman–Crippen LogP) is 2.61. The Morgan fingerprint density at radius 3 is 2.50 bits per heavy atom. The molecule has 2 rings (SSSR count). The van der Waals surface area contributed by atoms with E-state index in [4.69, 9.17) is 17.3 Å². The van der Waals surface area contributed by atoms with Gasteiger partial charge in [-0.2, -0.15) is 0 Å². The molecule has 0 radical (unpaired) electrons. The maximum atomic E-state index is 13.1. The minimum absolute atomic E-state index is 0.118. The molecule has 0 aromatic heterocycles. The van der Waals surface area contributed by atoms with Gasteiger partial charge < -0.3 is 5.73 Å². The Hall–Kier alpha value is -0.670. The number of nitrogens with two attached hydrogens (primary N) is 1. The van der Waals surface area contributed by atoms with Crippen LogP contribution in [-0.2, 0) is 5.41 Å². The molecule has 76 valence electrons. The van der Waals surface area contributed by atoms with Crippen molar-refractivity contribution in [3.63, 3.8) is 0 Å². The Morgan fingerprint density at radius 2 is 2.00 bits per heavy atom. The summed E-state index contributed by atoms with van der Waals surface area (Å²) in [7, 11) is 0. The zero-order valence-electron chi connectivity index (χ0n) is 7.49. The van der Waals surface area contributed by atoms with Gasteiger partial charge in [0.15, 0.2) is 11.6 Å². The molecule has 14 heavy (non-hydrogen) atoms. The van der Waals surface area contributed by atoms with Crippen LogP contribution in [-0.4, -0.2) is 6.54 Å². The Labute approximate surface area is 85.9 Å². The van der Waals surface area contributed by atoms with Gasteiger partial charge in [-0.1, -0.05) is 17.7 Å². The fourth-order valence-electron chi connectivity index (χ4n) is 1.67. The molecule has 2 N–H and O–H groups in total. The summed E-state index contributed by atoms with van der Waals surface area (Å²) in [6.07, 6.45) is 1.79. The van der Waals surface area contributed by atoms with Crippen molar-refractivity contribution in [3.8, 4) is 0 Å². The highest BCUT2D eigenvalue weighted by molar-refractivity contribution is 6.31. The van der Waals surface area contributed by atoms with Gasteiger partial charge in [0.25, 0.3) is 0 Å². The maximum absolute atomic E-state index is 13.1. The lowest BCUT2D eigenvalue weighted by atomic mass is 9.96. The molecular formula is C10H10ClF2N. The summed E-state index contributed by atoms with van der Waals surface area (Å²) in [6, 6.07) is 2.63. The molecule has 1 aromatic carbocycles. The minimum atomic E-state index is -0.969. The predicted molar refractivity (Wildman–Crippen MR) is 51.3 cm³/mol. The summed E-state index contributed by atoms with van der Waals surface area (Å²) in [4.78, 5) is 0. The molecule has 1 saturated carbocycles. The third-order valence-corrected chi connectivity index (χ3v) is 3.22. The summed E-state index contributed by atoms with van der Waals surface area (Å²) < 4.78 is 25.9. The number of hydrogen-bond acceptors (Lipinski definition) is 1. The van der Waals surface area contributed by atoms with Gasteiger partial charge in [0.2, 0.25) is 0 Å². The second-order valence-corrected chi connectivity index (χ2v) is 4.09. The van der Waals surface area contributed by atoms with Gasteiger partial charge in [0.05, 0.1) is 5.02 Å². The van der Waals surface area contributed by atoms with Crippen LogP contribution in [0.3, 0.4) is 0 Å². The van der Waals surface area contributed by atoms with Gasteiger partial charge in [0, 0.05) is 12.0 Å². The van der Waals surface area contributed by atoms with Gasteiger partial charge >= 0.3 is 0 Å². The quantitative estimate of drug-likeness (QED) is 0.758. The molecular weight excluding hydrogens is 208 g/mol. The van der Waals surface area contributed by atoms with Crippen molar-refractivity contribution < 1.29 is 8.78 Å². The first-order chi connectivity index (χ1) is 6.60. The smallest absolute Gasteiger partial charge is 0.177 e. The molecule has 0 saturated heterocycles. The first kappa shape index (κ1) is 9.87. The standard InChI is InChI=1S/C10H10ClF2N/c11-8-6(10(5-14)3-4-10)1-2-7(12)9(8)13/h1-2H,3-5,14H2. The largest absolute Gasteiger partial charge is 0.330 e. The highest BCUT2D eigenvalue weighted by Gasteiger charge is 2.44. The van der Waals surface area contributed by atoms with E-state index in [0.29, 0.717) is 12.1 Å². The molecule has 0 amide bonds. The average Bonchev–Trinajstić information content (AvgIpc) is 2.95. The van der Waals surface area contributed by atoms with Crippen molar-refractivity contribution in [1.29, 1.82) is 0 Å². The molecule has 1 aromatic rings. The van der Waals surface area contributed by atoms with E-state index >= 15 is 0 Å². The van der Waals surface area contributed by atoms with Crippen LogP contribution in [0.15, 0.2) is 12.1 Å². The van der Waals surface area contributed by atoms with Crippen LogP contribution in [0.1, 0.15) is 18.4 Å². The van der Waals surface area contributed by atoms with Crippen molar-refractivity contribution in [1.82, 2.24) is 0 Å². The maximum Gasteiger partial charge on any atom is 0.177 e. The molecule has 1 aliphatic rings. The van der Waals surface area contributed by atoms with E-state index in [2.05, 4.69) is 0 Å². The molecule has 0 spiro atoms. The number of benzene rings is 1. The van der Waals surface area contributed by atoms with Gasteiger partial charge in [-0.3, -0.25) is 0 Å². The van der Waals surface area contributed by atoms with Crippen LogP contribution in [0.4, 0.5) is 8.78 Å². The van der Waals surface area contributed by atoms with Crippen molar-refractivity contribution in [2.75, 3.05) is 6.54 Å². The molecule has 1 fully saturated rings. The second kappa shape index (κ2) is 3.17. The van der Waals surface area contributed by atoms with Crippen LogP contribution in [0.2, 0.25) is 5.02 Å². The van der Waals surface area contributed by atoms with Crippen LogP contribution in [0.25, 0.3) is 0 Å². The highest BCUT2D eigenvalue weighted by atomic mass is 35.5. The van der Waals surface area contributed by atoms with E-state index in [1.165, 1.54) is 6.07 Å². The summed E-state index contributed by atoms with van der Waals surface area (Å²) in [5, 5.41) is -0.118. The zero-order chi connectivity index (χ0) is 10.3. The second-order valence-electron chi connectivity index (χ2n) is 3.71. The zero-order valence-corrected chi connectivity index (χ0v) is 8.24. The van der Waals surface area contributed by atoms with Crippen molar-refractivity contribution in [2.45, 2.75) is 18.3 Å². The Balaban J connectivity index is 2.50. The molecule has 0 bridgehead atoms. The van der Waals surface area contributed by atoms with Crippen molar-refractivity contribution in [3.05, 3.63) is 34.4 Å². The third kappa shape index (κ3) is 1.31. The molecule has 1 nitrogen and oxygen atoms in total. The lowest BCUT2D eigenvalue weighted by molar-refractivity contribution is 0.505. The van der Waals surface area contributed by atoms with E-state index in [-0.39, 0.29) is 10.4 Å². The summed E-state index contributed by atoms with van der Waals surface area (Å²) in [6.45, 7) is 0.428. The average molecular weight is 218 g/mol. The van der Waals surface area contributed by atoms with Gasteiger partial charge in [-0.15, -0.1) is 0 Å². The normalized spacial score (nSPS) is 18.3. The Bertz CT molecular complexity index is 375. The van der Waals surface area contributed by atoms with Crippen LogP contribution < -0.4 is 5.73 Å². The molecule has 0 heterocycles. The lowest BCUT2D eigenvalue weighted by Gasteiger charge is -2.14. The lowest BCUT2D eigenvalue weighted by Crippen LogP contribution is -2.20. The first-order valence-electron chi connectivity index (χ1n) is 4.45. The molecule has 1 aliphatic carbocycles. The van der Waals surface area contributed by atoms with Crippen LogP contribution in [0, 0.1) is 11.6 Å². The Morgan fingerprint density at radius 1 is 1.36 bits per heavy atom. The molecule has 4 heteroatoms. The van der Waals surface area contributed by atoms with Crippen molar-refractivity contribution >= 4 is 11.6 Å². The fraction of sp³-hybridized carbons (Fsp3) is 0.400. The number of halogens is 3. The van der Waals surface area contributed by atoms with E-state index in [1.54, 1.807) is 0 Å². The van der Waals surface area contributed by atoms with Gasteiger partial charge in [0.1, 0.15) is 0 Å². The third-order valence-electron chi connectivity index (χ3n) is 2.85. The SMILES string of the molecule is NCC1(c2ccc(F)c(F)c2Cl)CC1. The summed E-state index contributed by atoms with van der Waals surface area (Å²) in [5.74, 6) is -1.88.